The van der Waals surface area contributed by atoms with Gasteiger partial charge >= 0.3 is 0 Å². The zero-order chi connectivity index (χ0) is 25.1. The molecule has 1 aromatic carbocycles. The Morgan fingerprint density at radius 1 is 1.18 bits per heavy atom. The Bertz CT molecular complexity index is 1040. The van der Waals surface area contributed by atoms with Crippen LogP contribution in [0.2, 0.25) is 0 Å². The molecule has 0 saturated heterocycles. The number of aliphatic imine (C=N–C) groups is 1. The fourth-order valence-electron chi connectivity index (χ4n) is 3.74. The fraction of sp³-hybridized carbons (Fsp3) is 0.464. The molecule has 6 heteroatoms. The van der Waals surface area contributed by atoms with E-state index in [1.807, 2.05) is 25.4 Å². The lowest BCUT2D eigenvalue weighted by atomic mass is 9.85. The van der Waals surface area contributed by atoms with Gasteiger partial charge in [0.2, 0.25) is 0 Å². The quantitative estimate of drug-likeness (QED) is 0.329. The van der Waals surface area contributed by atoms with E-state index in [1.54, 1.807) is 7.05 Å². The summed E-state index contributed by atoms with van der Waals surface area (Å²) in [6.45, 7) is 17.3. The first-order valence-corrected chi connectivity index (χ1v) is 12.2. The van der Waals surface area contributed by atoms with Crippen LogP contribution in [0, 0.1) is 0 Å². The monoisotopic (exact) mass is 462 g/mol. The smallest absolute Gasteiger partial charge is 0.130 e. The first-order valence-electron chi connectivity index (χ1n) is 12.2. The average Bonchev–Trinajstić information content (AvgIpc) is 3.24. The van der Waals surface area contributed by atoms with Gasteiger partial charge in [0.25, 0.3) is 0 Å². The Morgan fingerprint density at radius 2 is 1.88 bits per heavy atom. The van der Waals surface area contributed by atoms with Crippen molar-refractivity contribution in [1.29, 1.82) is 0 Å². The lowest BCUT2D eigenvalue weighted by Gasteiger charge is -2.20. The third kappa shape index (κ3) is 8.10. The molecule has 0 saturated carbocycles. The molecule has 2 N–H and O–H groups in total. The summed E-state index contributed by atoms with van der Waals surface area (Å²) in [6.07, 6.45) is 9.30. The van der Waals surface area contributed by atoms with E-state index in [0.717, 1.165) is 40.1 Å². The molecule has 3 rings (SSSR count). The van der Waals surface area contributed by atoms with Crippen LogP contribution in [0.1, 0.15) is 59.4 Å². The highest BCUT2D eigenvalue weighted by Gasteiger charge is 2.18. The number of nitrogens with one attached hydrogen (secondary N) is 2. The van der Waals surface area contributed by atoms with E-state index in [1.165, 1.54) is 31.5 Å². The third-order valence-corrected chi connectivity index (χ3v) is 5.68. The van der Waals surface area contributed by atoms with E-state index in [0.29, 0.717) is 0 Å². The van der Waals surface area contributed by atoms with Gasteiger partial charge in [-0.05, 0) is 56.9 Å². The summed E-state index contributed by atoms with van der Waals surface area (Å²) >= 11 is 0. The molecule has 0 fully saturated rings. The second kappa shape index (κ2) is 13.0. The van der Waals surface area contributed by atoms with Gasteiger partial charge in [0.1, 0.15) is 5.82 Å². The lowest BCUT2D eigenvalue weighted by Crippen LogP contribution is -2.20. The van der Waals surface area contributed by atoms with Crippen LogP contribution in [0.4, 0.5) is 5.82 Å². The molecule has 1 aliphatic heterocycles. The maximum Gasteiger partial charge on any atom is 0.130 e. The largest absolute Gasteiger partial charge is 0.339 e. The molecule has 0 aliphatic carbocycles. The Hall–Kier alpha value is -2.99. The maximum atomic E-state index is 4.49. The van der Waals surface area contributed by atoms with Crippen LogP contribution in [0.3, 0.4) is 0 Å². The van der Waals surface area contributed by atoms with Crippen molar-refractivity contribution in [3.05, 3.63) is 60.1 Å². The van der Waals surface area contributed by atoms with Crippen LogP contribution in [0.5, 0.6) is 0 Å². The van der Waals surface area contributed by atoms with Gasteiger partial charge < -0.3 is 15.6 Å². The van der Waals surface area contributed by atoms with E-state index in [9.17, 15) is 0 Å². The van der Waals surface area contributed by atoms with E-state index < -0.39 is 0 Å². The minimum absolute atomic E-state index is 0.168. The van der Waals surface area contributed by atoms with Crippen LogP contribution in [-0.4, -0.2) is 49.0 Å². The van der Waals surface area contributed by atoms with E-state index in [2.05, 4.69) is 96.3 Å². The van der Waals surface area contributed by atoms with Gasteiger partial charge in [-0.3, -0.25) is 4.99 Å². The number of rotatable bonds is 10. The zero-order valence-electron chi connectivity index (χ0n) is 22.1. The molecule has 184 valence electrons. The van der Waals surface area contributed by atoms with Gasteiger partial charge in [0.15, 0.2) is 0 Å². The molecule has 0 spiro atoms. The van der Waals surface area contributed by atoms with Crippen molar-refractivity contribution in [3.8, 4) is 0 Å². The van der Waals surface area contributed by atoms with E-state index in [-0.39, 0.29) is 5.41 Å². The Labute approximate surface area is 206 Å². The van der Waals surface area contributed by atoms with E-state index in [4.69, 9.17) is 0 Å². The average molecular weight is 463 g/mol. The topological polar surface area (TPSA) is 64.9 Å². The van der Waals surface area contributed by atoms with Crippen LogP contribution in [-0.2, 0) is 5.41 Å². The standard InChI is InChI=1S/C21H25N5.C7H17N/c1-14-6-9-19(25-14)15(2)26-20-11-17-10-18(8-7-16(17)12-23-20)21(3,4)13-24-22-5;1-4-6-8(3)7-5-2/h7-13,22H,2,6H2,1,3-5H3,(H,23,26);4-7H2,1-3H3/b24-13-;. The molecule has 2 aromatic rings. The predicted octanol–water partition coefficient (Wildman–Crippen LogP) is 6.13. The van der Waals surface area contributed by atoms with Crippen molar-refractivity contribution in [2.45, 2.75) is 59.3 Å². The summed E-state index contributed by atoms with van der Waals surface area (Å²) in [5, 5.41) is 9.67. The predicted molar refractivity (Wildman–Crippen MR) is 149 cm³/mol. The normalized spacial score (nSPS) is 13.5. The number of pyridine rings is 1. The first-order chi connectivity index (χ1) is 16.2. The Balaban J connectivity index is 0.000000440. The molecule has 0 amide bonds. The maximum absolute atomic E-state index is 4.49. The van der Waals surface area contributed by atoms with Crippen molar-refractivity contribution < 1.29 is 0 Å². The molecule has 1 aromatic heterocycles. The van der Waals surface area contributed by atoms with Crippen LogP contribution in [0.15, 0.2) is 64.6 Å². The number of aromatic nitrogens is 1. The highest BCUT2D eigenvalue weighted by atomic mass is 15.3. The highest BCUT2D eigenvalue weighted by Crippen LogP contribution is 2.27. The number of hydrazone groups is 1. The number of nitrogens with zero attached hydrogens (tertiary/aromatic N) is 4. The summed E-state index contributed by atoms with van der Waals surface area (Å²) in [5.74, 6) is 0.766. The number of benzene rings is 1. The van der Waals surface area contributed by atoms with Crippen molar-refractivity contribution in [2.75, 3.05) is 32.5 Å². The Morgan fingerprint density at radius 3 is 2.47 bits per heavy atom. The van der Waals surface area contributed by atoms with Crippen molar-refractivity contribution >= 4 is 28.5 Å². The van der Waals surface area contributed by atoms with Crippen molar-refractivity contribution in [2.24, 2.45) is 10.1 Å². The second-order valence-corrected chi connectivity index (χ2v) is 9.38. The van der Waals surface area contributed by atoms with Crippen LogP contribution >= 0.6 is 0 Å². The SMILES string of the molecule is C=C(Nc1cc2cc(C(C)(C)/C=N\NC)ccc2cn1)C1=CCC(C)=N1.CCCN(C)CCC. The minimum Gasteiger partial charge on any atom is -0.339 e. The summed E-state index contributed by atoms with van der Waals surface area (Å²) in [6, 6.07) is 8.45. The molecule has 0 radical (unpaired) electrons. The minimum atomic E-state index is -0.168. The summed E-state index contributed by atoms with van der Waals surface area (Å²) in [7, 11) is 3.97. The van der Waals surface area contributed by atoms with E-state index >= 15 is 0 Å². The molecular weight excluding hydrogens is 420 g/mol. The summed E-state index contributed by atoms with van der Waals surface area (Å²) < 4.78 is 0. The molecule has 0 atom stereocenters. The number of fused-ring (bicyclic) bond motifs is 1. The molecule has 2 heterocycles. The second-order valence-electron chi connectivity index (χ2n) is 9.38. The summed E-state index contributed by atoms with van der Waals surface area (Å²) in [5.41, 5.74) is 6.60. The Kier molecular flexibility index (Phi) is 10.5. The third-order valence-electron chi connectivity index (χ3n) is 5.68. The number of hydrogen-bond donors (Lipinski definition) is 2. The van der Waals surface area contributed by atoms with Crippen LogP contribution < -0.4 is 10.7 Å². The van der Waals surface area contributed by atoms with Gasteiger partial charge in [0, 0.05) is 42.4 Å². The lowest BCUT2D eigenvalue weighted by molar-refractivity contribution is 0.335. The van der Waals surface area contributed by atoms with Crippen LogP contribution in [0.25, 0.3) is 10.8 Å². The zero-order valence-corrected chi connectivity index (χ0v) is 22.1. The number of allylic oxidation sites excluding steroid dienone is 1. The molecule has 0 unspecified atom stereocenters. The molecule has 0 bridgehead atoms. The number of hydrogen-bond acceptors (Lipinski definition) is 6. The first kappa shape index (κ1) is 27.3. The summed E-state index contributed by atoms with van der Waals surface area (Å²) in [4.78, 5) is 11.3. The van der Waals surface area contributed by atoms with Gasteiger partial charge in [-0.15, -0.1) is 0 Å². The fourth-order valence-corrected chi connectivity index (χ4v) is 3.74. The van der Waals surface area contributed by atoms with Gasteiger partial charge in [-0.25, -0.2) is 4.98 Å². The number of anilines is 1. The molecule has 1 aliphatic rings. The van der Waals surface area contributed by atoms with Gasteiger partial charge in [0.05, 0.1) is 11.4 Å². The molecule has 34 heavy (non-hydrogen) atoms. The molecule has 6 nitrogen and oxygen atoms in total. The van der Waals surface area contributed by atoms with Gasteiger partial charge in [-0.1, -0.05) is 58.5 Å². The van der Waals surface area contributed by atoms with Crippen molar-refractivity contribution in [1.82, 2.24) is 15.3 Å². The molecular formula is C28H42N6. The van der Waals surface area contributed by atoms with Gasteiger partial charge in [-0.2, -0.15) is 5.10 Å². The highest BCUT2D eigenvalue weighted by molar-refractivity contribution is 5.88. The van der Waals surface area contributed by atoms with Crippen molar-refractivity contribution in [3.63, 3.8) is 0 Å².